The summed E-state index contributed by atoms with van der Waals surface area (Å²) in [4.78, 5) is 11.6. The van der Waals surface area contributed by atoms with Crippen molar-refractivity contribution in [3.63, 3.8) is 0 Å². The predicted octanol–water partition coefficient (Wildman–Crippen LogP) is 2.24. The lowest BCUT2D eigenvalue weighted by molar-refractivity contribution is -0.122. The van der Waals surface area contributed by atoms with E-state index in [1.807, 2.05) is 38.1 Å². The number of rotatable bonds is 6. The van der Waals surface area contributed by atoms with Crippen LogP contribution in [0.3, 0.4) is 0 Å². The summed E-state index contributed by atoms with van der Waals surface area (Å²) in [5.74, 6) is 0.620. The first-order valence-corrected chi connectivity index (χ1v) is 7.27. The Morgan fingerprint density at radius 2 is 2.05 bits per heavy atom. The van der Waals surface area contributed by atoms with Gasteiger partial charge in [-0.3, -0.25) is 4.79 Å². The fourth-order valence-corrected chi connectivity index (χ4v) is 2.38. The number of amides is 1. The Morgan fingerprint density at radius 3 is 2.76 bits per heavy atom. The maximum absolute atomic E-state index is 11.6. The summed E-state index contributed by atoms with van der Waals surface area (Å²) < 4.78 is 5.69. The van der Waals surface area contributed by atoms with Crippen LogP contribution >= 0.6 is 0 Å². The number of benzene rings is 2. The molecule has 0 radical (unpaired) electrons. The van der Waals surface area contributed by atoms with Crippen molar-refractivity contribution in [2.45, 2.75) is 26.3 Å². The van der Waals surface area contributed by atoms with Crippen molar-refractivity contribution >= 4 is 16.7 Å². The molecule has 2 aromatic rings. The molecule has 1 amide bonds. The average Bonchev–Trinajstić information content (AvgIpc) is 2.46. The van der Waals surface area contributed by atoms with Gasteiger partial charge in [0, 0.05) is 18.2 Å². The highest BCUT2D eigenvalue weighted by molar-refractivity contribution is 5.88. The smallest absolute Gasteiger partial charge is 0.257 e. The number of likely N-dealkylation sites (N-methyl/N-ethyl adjacent to an activating group) is 1. The minimum Gasteiger partial charge on any atom is -0.483 e. The third-order valence-corrected chi connectivity index (χ3v) is 3.26. The van der Waals surface area contributed by atoms with Crippen molar-refractivity contribution in [3.05, 3.63) is 42.0 Å². The van der Waals surface area contributed by atoms with Crippen LogP contribution in [0.5, 0.6) is 5.75 Å². The van der Waals surface area contributed by atoms with E-state index in [4.69, 9.17) is 10.5 Å². The second-order valence-corrected chi connectivity index (χ2v) is 5.19. The summed E-state index contributed by atoms with van der Waals surface area (Å²) in [6.07, 6.45) is 0.714. The summed E-state index contributed by atoms with van der Waals surface area (Å²) in [6.45, 7) is 4.48. The minimum atomic E-state index is -0.114. The molecular formula is C17H22N2O2. The molecule has 4 nitrogen and oxygen atoms in total. The standard InChI is InChI=1S/C17H22N2O2/c1-3-19-17(20)11-21-16-9-8-13-6-4-5-7-14(13)15(16)10-12(2)18/h4-9,12H,3,10-11,18H2,1-2H3,(H,19,20). The van der Waals surface area contributed by atoms with Gasteiger partial charge in [-0.15, -0.1) is 0 Å². The van der Waals surface area contributed by atoms with Crippen molar-refractivity contribution in [2.75, 3.05) is 13.2 Å². The summed E-state index contributed by atoms with van der Waals surface area (Å²) in [7, 11) is 0. The van der Waals surface area contributed by atoms with Crippen LogP contribution in [-0.4, -0.2) is 25.1 Å². The Labute approximate surface area is 125 Å². The molecule has 0 saturated heterocycles. The number of carbonyl (C=O) groups excluding carboxylic acids is 1. The third kappa shape index (κ3) is 3.95. The lowest BCUT2D eigenvalue weighted by Gasteiger charge is -2.15. The van der Waals surface area contributed by atoms with Crippen LogP contribution in [0.2, 0.25) is 0 Å². The number of nitrogens with one attached hydrogen (secondary N) is 1. The second-order valence-electron chi connectivity index (χ2n) is 5.19. The van der Waals surface area contributed by atoms with Gasteiger partial charge in [-0.1, -0.05) is 30.3 Å². The molecule has 3 N–H and O–H groups in total. The molecule has 0 aliphatic carbocycles. The highest BCUT2D eigenvalue weighted by Crippen LogP contribution is 2.29. The van der Waals surface area contributed by atoms with E-state index in [0.717, 1.165) is 22.1 Å². The summed E-state index contributed by atoms with van der Waals surface area (Å²) in [5, 5.41) is 5.00. The summed E-state index contributed by atoms with van der Waals surface area (Å²) in [5.41, 5.74) is 7.02. The van der Waals surface area contributed by atoms with Crippen molar-refractivity contribution in [1.29, 1.82) is 0 Å². The molecule has 2 rings (SSSR count). The first-order valence-electron chi connectivity index (χ1n) is 7.27. The zero-order chi connectivity index (χ0) is 15.2. The molecule has 0 bridgehead atoms. The first-order chi connectivity index (χ1) is 10.1. The fourth-order valence-electron chi connectivity index (χ4n) is 2.38. The van der Waals surface area contributed by atoms with Gasteiger partial charge in [0.05, 0.1) is 0 Å². The fraction of sp³-hybridized carbons (Fsp3) is 0.353. The monoisotopic (exact) mass is 286 g/mol. The Balaban J connectivity index is 2.31. The largest absolute Gasteiger partial charge is 0.483 e. The molecule has 0 aromatic heterocycles. The number of carbonyl (C=O) groups is 1. The van der Waals surface area contributed by atoms with Gasteiger partial charge in [-0.2, -0.15) is 0 Å². The molecule has 0 aliphatic rings. The van der Waals surface area contributed by atoms with Gasteiger partial charge in [-0.05, 0) is 37.1 Å². The van der Waals surface area contributed by atoms with E-state index in [9.17, 15) is 4.79 Å². The van der Waals surface area contributed by atoms with Gasteiger partial charge in [0.1, 0.15) is 5.75 Å². The SMILES string of the molecule is CCNC(=O)COc1ccc2ccccc2c1CC(C)N. The zero-order valence-electron chi connectivity index (χ0n) is 12.6. The van der Waals surface area contributed by atoms with Crippen LogP contribution in [-0.2, 0) is 11.2 Å². The number of fused-ring (bicyclic) bond motifs is 1. The van der Waals surface area contributed by atoms with Crippen LogP contribution in [0.25, 0.3) is 10.8 Å². The third-order valence-electron chi connectivity index (χ3n) is 3.26. The molecule has 4 heteroatoms. The normalized spacial score (nSPS) is 12.1. The quantitative estimate of drug-likeness (QED) is 0.856. The highest BCUT2D eigenvalue weighted by Gasteiger charge is 2.12. The molecule has 0 saturated carbocycles. The average molecular weight is 286 g/mol. The van der Waals surface area contributed by atoms with E-state index in [0.29, 0.717) is 13.0 Å². The van der Waals surface area contributed by atoms with Crippen LogP contribution < -0.4 is 15.8 Å². The number of ether oxygens (including phenoxy) is 1. The Hall–Kier alpha value is -2.07. The Morgan fingerprint density at radius 1 is 1.29 bits per heavy atom. The Bertz CT molecular complexity index is 623. The van der Waals surface area contributed by atoms with Crippen molar-refractivity contribution in [2.24, 2.45) is 5.73 Å². The lowest BCUT2D eigenvalue weighted by atomic mass is 9.98. The van der Waals surface area contributed by atoms with Crippen molar-refractivity contribution in [1.82, 2.24) is 5.32 Å². The van der Waals surface area contributed by atoms with Crippen LogP contribution in [0.1, 0.15) is 19.4 Å². The van der Waals surface area contributed by atoms with Crippen molar-refractivity contribution in [3.8, 4) is 5.75 Å². The van der Waals surface area contributed by atoms with E-state index < -0.39 is 0 Å². The van der Waals surface area contributed by atoms with E-state index in [2.05, 4.69) is 17.4 Å². The van der Waals surface area contributed by atoms with Crippen LogP contribution in [0.15, 0.2) is 36.4 Å². The molecular weight excluding hydrogens is 264 g/mol. The predicted molar refractivity (Wildman–Crippen MR) is 85.5 cm³/mol. The molecule has 0 aliphatic heterocycles. The molecule has 21 heavy (non-hydrogen) atoms. The summed E-state index contributed by atoms with van der Waals surface area (Å²) >= 11 is 0. The molecule has 2 aromatic carbocycles. The number of hydrogen-bond acceptors (Lipinski definition) is 3. The van der Waals surface area contributed by atoms with Gasteiger partial charge in [0.15, 0.2) is 6.61 Å². The molecule has 1 atom stereocenters. The lowest BCUT2D eigenvalue weighted by Crippen LogP contribution is -2.28. The van der Waals surface area contributed by atoms with Gasteiger partial charge < -0.3 is 15.8 Å². The Kier molecular flexibility index (Phi) is 5.17. The molecule has 1 unspecified atom stereocenters. The van der Waals surface area contributed by atoms with Gasteiger partial charge in [0.25, 0.3) is 5.91 Å². The highest BCUT2D eigenvalue weighted by atomic mass is 16.5. The van der Waals surface area contributed by atoms with E-state index >= 15 is 0 Å². The topological polar surface area (TPSA) is 64.3 Å². The maximum atomic E-state index is 11.6. The summed E-state index contributed by atoms with van der Waals surface area (Å²) in [6, 6.07) is 12.1. The molecule has 0 fully saturated rings. The first kappa shape index (κ1) is 15.3. The number of hydrogen-bond donors (Lipinski definition) is 2. The van der Waals surface area contributed by atoms with E-state index in [1.165, 1.54) is 0 Å². The van der Waals surface area contributed by atoms with Crippen LogP contribution in [0.4, 0.5) is 0 Å². The minimum absolute atomic E-state index is 0.0259. The zero-order valence-corrected chi connectivity index (χ0v) is 12.6. The molecule has 0 heterocycles. The van der Waals surface area contributed by atoms with E-state index in [-0.39, 0.29) is 18.6 Å². The van der Waals surface area contributed by atoms with Gasteiger partial charge in [0.2, 0.25) is 0 Å². The second kappa shape index (κ2) is 7.09. The van der Waals surface area contributed by atoms with Gasteiger partial charge in [-0.25, -0.2) is 0 Å². The molecule has 112 valence electrons. The van der Waals surface area contributed by atoms with E-state index in [1.54, 1.807) is 0 Å². The number of nitrogens with two attached hydrogens (primary N) is 1. The van der Waals surface area contributed by atoms with Gasteiger partial charge >= 0.3 is 0 Å². The van der Waals surface area contributed by atoms with Crippen molar-refractivity contribution < 1.29 is 9.53 Å². The van der Waals surface area contributed by atoms with Crippen LogP contribution in [0, 0.1) is 0 Å². The maximum Gasteiger partial charge on any atom is 0.257 e. The molecule has 0 spiro atoms.